The van der Waals surface area contributed by atoms with Crippen molar-refractivity contribution in [3.8, 4) is 0 Å². The molecule has 6 nitrogen and oxygen atoms in total. The number of hydrogen-bond acceptors (Lipinski definition) is 5. The Labute approximate surface area is 590 Å². The Morgan fingerprint density at radius 1 is 0.287 bits per heavy atom. The third kappa shape index (κ3) is 79.6. The summed E-state index contributed by atoms with van der Waals surface area (Å²) in [4.78, 5) is 24.7. The van der Waals surface area contributed by atoms with Crippen LogP contribution in [-0.4, -0.2) is 47.4 Å². The first-order chi connectivity index (χ1) is 46.5. The summed E-state index contributed by atoms with van der Waals surface area (Å²) in [5.41, 5.74) is 0. The average molecular weight is 1330 g/mol. The molecular weight excluding hydrogens is 1150 g/mol. The van der Waals surface area contributed by atoms with Gasteiger partial charge in [0, 0.05) is 12.8 Å². The minimum absolute atomic E-state index is 0.0302. The van der Waals surface area contributed by atoms with Gasteiger partial charge in [0.1, 0.15) is 0 Å². The summed E-state index contributed by atoms with van der Waals surface area (Å²) in [6.45, 7) is 4.98. The zero-order chi connectivity index (χ0) is 67.7. The molecule has 1 amide bonds. The van der Waals surface area contributed by atoms with E-state index in [0.29, 0.717) is 19.4 Å². The molecule has 0 aliphatic rings. The standard InChI is InChI=1S/C88H173NO5/c1-3-5-7-9-11-13-15-17-19-21-44-48-52-56-60-64-68-72-76-80-86(91)85(84-90)89-87(92)81-77-73-69-65-61-57-53-49-46-42-40-38-36-34-32-30-28-26-24-23-25-27-29-31-33-35-37-39-41-43-47-51-55-59-63-67-71-75-79-83-94-88(93)82-78-74-70-66-62-58-54-50-45-22-20-18-16-14-12-10-8-6-4-2/h76,80,85-86,90-91H,3-75,77-79,81-84H2,1-2H3,(H,89,92)/b80-76+. The van der Waals surface area contributed by atoms with Gasteiger partial charge in [0.05, 0.1) is 25.4 Å². The van der Waals surface area contributed by atoms with Crippen LogP contribution in [0.15, 0.2) is 12.2 Å². The predicted octanol–water partition coefficient (Wildman–Crippen LogP) is 29.4. The average Bonchev–Trinajstić information content (AvgIpc) is 3.61. The van der Waals surface area contributed by atoms with Gasteiger partial charge in [0.2, 0.25) is 5.91 Å². The highest BCUT2D eigenvalue weighted by Gasteiger charge is 2.18. The number of allylic oxidation sites excluding steroid dienone is 1. The van der Waals surface area contributed by atoms with E-state index in [1.165, 1.54) is 449 Å². The lowest BCUT2D eigenvalue weighted by atomic mass is 10.0. The molecule has 3 N–H and O–H groups in total. The van der Waals surface area contributed by atoms with Crippen LogP contribution >= 0.6 is 0 Å². The van der Waals surface area contributed by atoms with Gasteiger partial charge in [-0.1, -0.05) is 482 Å². The molecule has 2 atom stereocenters. The van der Waals surface area contributed by atoms with Crippen molar-refractivity contribution in [1.82, 2.24) is 5.32 Å². The van der Waals surface area contributed by atoms with Crippen molar-refractivity contribution in [3.05, 3.63) is 12.2 Å². The third-order valence-corrected chi connectivity index (χ3v) is 21.1. The fourth-order valence-corrected chi connectivity index (χ4v) is 14.4. The molecule has 0 saturated heterocycles. The van der Waals surface area contributed by atoms with Crippen LogP contribution in [0.1, 0.15) is 515 Å². The molecule has 0 spiro atoms. The van der Waals surface area contributed by atoms with E-state index < -0.39 is 12.1 Å². The molecule has 0 aliphatic heterocycles. The number of amides is 1. The Morgan fingerprint density at radius 3 is 0.723 bits per heavy atom. The number of rotatable bonds is 84. The molecule has 560 valence electrons. The first kappa shape index (κ1) is 92.6. The summed E-state index contributed by atoms with van der Waals surface area (Å²) in [6.07, 6.45) is 108. The number of nitrogens with one attached hydrogen (secondary N) is 1. The van der Waals surface area contributed by atoms with Gasteiger partial charge >= 0.3 is 5.97 Å². The summed E-state index contributed by atoms with van der Waals surface area (Å²) >= 11 is 0. The fourth-order valence-electron chi connectivity index (χ4n) is 14.4. The van der Waals surface area contributed by atoms with E-state index in [4.69, 9.17) is 4.74 Å². The zero-order valence-electron chi connectivity index (χ0n) is 64.5. The Morgan fingerprint density at radius 2 is 0.489 bits per heavy atom. The van der Waals surface area contributed by atoms with Crippen molar-refractivity contribution in [2.75, 3.05) is 13.2 Å². The van der Waals surface area contributed by atoms with Crippen LogP contribution in [0.3, 0.4) is 0 Å². The molecule has 0 aromatic heterocycles. The summed E-state index contributed by atoms with van der Waals surface area (Å²) in [5.74, 6) is -0.0265. The Hall–Kier alpha value is -1.40. The van der Waals surface area contributed by atoms with Crippen LogP contribution in [-0.2, 0) is 14.3 Å². The van der Waals surface area contributed by atoms with Crippen molar-refractivity contribution < 1.29 is 24.5 Å². The van der Waals surface area contributed by atoms with Crippen LogP contribution in [0.2, 0.25) is 0 Å². The lowest BCUT2D eigenvalue weighted by molar-refractivity contribution is -0.143. The number of ether oxygens (including phenoxy) is 1. The smallest absolute Gasteiger partial charge is 0.305 e. The van der Waals surface area contributed by atoms with Crippen LogP contribution in [0.25, 0.3) is 0 Å². The number of aliphatic hydroxyl groups is 2. The van der Waals surface area contributed by atoms with Crippen molar-refractivity contribution in [2.45, 2.75) is 527 Å². The number of carbonyl (C=O) groups is 2. The first-order valence-electron chi connectivity index (χ1n) is 44.0. The molecule has 0 bridgehead atoms. The minimum Gasteiger partial charge on any atom is -0.466 e. The molecule has 0 heterocycles. The third-order valence-electron chi connectivity index (χ3n) is 21.1. The Kier molecular flexibility index (Phi) is 82.8. The molecular formula is C88H173NO5. The maximum atomic E-state index is 12.5. The summed E-state index contributed by atoms with van der Waals surface area (Å²) in [6, 6.07) is -0.623. The quantitative estimate of drug-likeness (QED) is 0.0320. The zero-order valence-corrected chi connectivity index (χ0v) is 64.5. The van der Waals surface area contributed by atoms with E-state index in [0.717, 1.165) is 38.5 Å². The maximum absolute atomic E-state index is 12.5. The number of aliphatic hydroxyl groups excluding tert-OH is 2. The lowest BCUT2D eigenvalue weighted by Crippen LogP contribution is -2.45. The first-order valence-corrected chi connectivity index (χ1v) is 44.0. The van der Waals surface area contributed by atoms with Gasteiger partial charge in [0.25, 0.3) is 0 Å². The Balaban J connectivity index is 3.29. The van der Waals surface area contributed by atoms with Crippen molar-refractivity contribution in [3.63, 3.8) is 0 Å². The van der Waals surface area contributed by atoms with E-state index in [1.807, 2.05) is 6.08 Å². The number of unbranched alkanes of at least 4 members (excludes halogenated alkanes) is 73. The van der Waals surface area contributed by atoms with Gasteiger partial charge in [-0.2, -0.15) is 0 Å². The van der Waals surface area contributed by atoms with Gasteiger partial charge in [0.15, 0.2) is 0 Å². The lowest BCUT2D eigenvalue weighted by Gasteiger charge is -2.20. The second kappa shape index (κ2) is 84.0. The number of hydrogen-bond donors (Lipinski definition) is 3. The topological polar surface area (TPSA) is 95.9 Å². The molecule has 2 unspecified atom stereocenters. The van der Waals surface area contributed by atoms with E-state index in [2.05, 4.69) is 19.2 Å². The molecule has 6 heteroatoms. The predicted molar refractivity (Wildman–Crippen MR) is 417 cm³/mol. The summed E-state index contributed by atoms with van der Waals surface area (Å²) < 4.78 is 5.53. The molecule has 0 rings (SSSR count). The summed E-state index contributed by atoms with van der Waals surface area (Å²) in [7, 11) is 0. The molecule has 0 aromatic rings. The fraction of sp³-hybridized carbons (Fsp3) is 0.955. The highest BCUT2D eigenvalue weighted by Crippen LogP contribution is 2.21. The molecule has 0 fully saturated rings. The molecule has 0 aliphatic carbocycles. The number of carbonyl (C=O) groups excluding carboxylic acids is 2. The minimum atomic E-state index is -0.840. The van der Waals surface area contributed by atoms with E-state index in [-0.39, 0.29) is 18.5 Å². The highest BCUT2D eigenvalue weighted by atomic mass is 16.5. The Bertz CT molecular complexity index is 1430. The second-order valence-electron chi connectivity index (χ2n) is 30.6. The monoisotopic (exact) mass is 1320 g/mol. The van der Waals surface area contributed by atoms with Crippen LogP contribution in [0.5, 0.6) is 0 Å². The van der Waals surface area contributed by atoms with E-state index in [9.17, 15) is 19.8 Å². The van der Waals surface area contributed by atoms with Gasteiger partial charge in [-0.25, -0.2) is 0 Å². The van der Waals surface area contributed by atoms with E-state index in [1.54, 1.807) is 6.08 Å². The van der Waals surface area contributed by atoms with Crippen LogP contribution < -0.4 is 5.32 Å². The van der Waals surface area contributed by atoms with Crippen molar-refractivity contribution >= 4 is 11.9 Å². The van der Waals surface area contributed by atoms with Crippen molar-refractivity contribution in [2.24, 2.45) is 0 Å². The van der Waals surface area contributed by atoms with Crippen LogP contribution in [0, 0.1) is 0 Å². The molecule has 0 aromatic carbocycles. The van der Waals surface area contributed by atoms with E-state index >= 15 is 0 Å². The van der Waals surface area contributed by atoms with Gasteiger partial charge in [-0.3, -0.25) is 9.59 Å². The number of esters is 1. The van der Waals surface area contributed by atoms with Gasteiger partial charge in [-0.05, 0) is 32.1 Å². The van der Waals surface area contributed by atoms with Gasteiger partial charge in [-0.15, -0.1) is 0 Å². The highest BCUT2D eigenvalue weighted by molar-refractivity contribution is 5.76. The SMILES string of the molecule is CCCCCCCCCCCCCCCCCCC/C=C/C(O)C(CO)NC(=O)CCCCCCCCCCCCCCCCCCCCCCCCCCCCCCCCCCCCCCCCCOC(=O)CCCCCCCCCCCCCCCCCCCCC. The molecule has 94 heavy (non-hydrogen) atoms. The van der Waals surface area contributed by atoms with Crippen molar-refractivity contribution in [1.29, 1.82) is 0 Å². The summed E-state index contributed by atoms with van der Waals surface area (Å²) in [5, 5.41) is 23.3. The molecule has 0 radical (unpaired) electrons. The molecule has 0 saturated carbocycles. The second-order valence-corrected chi connectivity index (χ2v) is 30.6. The normalized spacial score (nSPS) is 12.4. The largest absolute Gasteiger partial charge is 0.466 e. The van der Waals surface area contributed by atoms with Crippen LogP contribution in [0.4, 0.5) is 0 Å². The maximum Gasteiger partial charge on any atom is 0.305 e. The van der Waals surface area contributed by atoms with Gasteiger partial charge < -0.3 is 20.3 Å².